The van der Waals surface area contributed by atoms with Crippen LogP contribution in [-0.4, -0.2) is 44.9 Å². The molecule has 0 bridgehead atoms. The quantitative estimate of drug-likeness (QED) is 0.852. The monoisotopic (exact) mass is 305 g/mol. The van der Waals surface area contributed by atoms with E-state index in [1.807, 2.05) is 43.5 Å². The van der Waals surface area contributed by atoms with Crippen LogP contribution < -0.4 is 5.32 Å². The molecule has 2 atom stereocenters. The first kappa shape index (κ1) is 15.6. The molecule has 0 aliphatic heterocycles. The second-order valence-electron chi connectivity index (χ2n) is 4.70. The molecule has 0 aliphatic rings. The van der Waals surface area contributed by atoms with E-state index < -0.39 is 0 Å². The van der Waals surface area contributed by atoms with Crippen molar-refractivity contribution in [3.8, 4) is 5.69 Å². The lowest BCUT2D eigenvalue weighted by Crippen LogP contribution is -2.41. The zero-order valence-electron chi connectivity index (χ0n) is 12.1. The second-order valence-corrected chi connectivity index (χ2v) is 5.78. The molecule has 5 nitrogen and oxygen atoms in total. The van der Waals surface area contributed by atoms with Crippen LogP contribution in [0.15, 0.2) is 42.6 Å². The summed E-state index contributed by atoms with van der Waals surface area (Å²) in [5.41, 5.74) is 1.27. The van der Waals surface area contributed by atoms with Crippen LogP contribution in [0.2, 0.25) is 0 Å². The molecule has 0 fully saturated rings. The third-order valence-corrected chi connectivity index (χ3v) is 4.40. The molecule has 0 aliphatic carbocycles. The van der Waals surface area contributed by atoms with Gasteiger partial charge in [-0.3, -0.25) is 4.79 Å². The van der Waals surface area contributed by atoms with Crippen LogP contribution in [0.3, 0.4) is 0 Å². The van der Waals surface area contributed by atoms with Gasteiger partial charge in [0.05, 0.1) is 12.3 Å². The van der Waals surface area contributed by atoms with Gasteiger partial charge in [0.2, 0.25) is 0 Å². The summed E-state index contributed by atoms with van der Waals surface area (Å²) >= 11 is 1.53. The number of benzene rings is 1. The van der Waals surface area contributed by atoms with Crippen molar-refractivity contribution in [2.24, 2.45) is 0 Å². The summed E-state index contributed by atoms with van der Waals surface area (Å²) in [7, 11) is 0. The first-order chi connectivity index (χ1) is 10.2. The highest BCUT2D eigenvalue weighted by Gasteiger charge is 2.19. The van der Waals surface area contributed by atoms with E-state index in [4.69, 9.17) is 0 Å². The maximum Gasteiger partial charge on any atom is 0.272 e. The van der Waals surface area contributed by atoms with Crippen molar-refractivity contribution in [2.75, 3.05) is 12.9 Å². The van der Waals surface area contributed by atoms with Crippen LogP contribution in [0.4, 0.5) is 0 Å². The van der Waals surface area contributed by atoms with E-state index in [0.29, 0.717) is 5.69 Å². The van der Waals surface area contributed by atoms with Crippen molar-refractivity contribution in [1.82, 2.24) is 15.1 Å². The minimum absolute atomic E-state index is 0.0230. The molecule has 0 spiro atoms. The summed E-state index contributed by atoms with van der Waals surface area (Å²) < 4.78 is 1.66. The number of nitrogens with one attached hydrogen (secondary N) is 1. The number of amides is 1. The standard InChI is InChI=1S/C15H19N3O2S/c1-11(14(10-19)21-2)16-15(20)13-8-9-18(17-13)12-6-4-3-5-7-12/h3-9,11,14,19H,10H2,1-2H3,(H,16,20). The predicted molar refractivity (Wildman–Crippen MR) is 84.9 cm³/mol. The Morgan fingerprint density at radius 3 is 2.71 bits per heavy atom. The highest BCUT2D eigenvalue weighted by molar-refractivity contribution is 7.99. The van der Waals surface area contributed by atoms with Gasteiger partial charge in [0.25, 0.3) is 5.91 Å². The van der Waals surface area contributed by atoms with E-state index in [2.05, 4.69) is 10.4 Å². The van der Waals surface area contributed by atoms with Crippen LogP contribution in [0.5, 0.6) is 0 Å². The van der Waals surface area contributed by atoms with Crippen molar-refractivity contribution in [3.63, 3.8) is 0 Å². The summed E-state index contributed by atoms with van der Waals surface area (Å²) in [4.78, 5) is 12.2. The zero-order chi connectivity index (χ0) is 15.2. The molecule has 2 unspecified atom stereocenters. The summed E-state index contributed by atoms with van der Waals surface area (Å²) in [6.07, 6.45) is 3.67. The van der Waals surface area contributed by atoms with Crippen molar-refractivity contribution in [3.05, 3.63) is 48.3 Å². The lowest BCUT2D eigenvalue weighted by atomic mass is 10.2. The summed E-state index contributed by atoms with van der Waals surface area (Å²) in [5.74, 6) is -0.232. The maximum atomic E-state index is 12.2. The van der Waals surface area contributed by atoms with Gasteiger partial charge in [0, 0.05) is 17.5 Å². The Hall–Kier alpha value is -1.79. The molecule has 6 heteroatoms. The van der Waals surface area contributed by atoms with Crippen LogP contribution in [0.1, 0.15) is 17.4 Å². The van der Waals surface area contributed by atoms with Gasteiger partial charge in [-0.2, -0.15) is 16.9 Å². The van der Waals surface area contributed by atoms with Gasteiger partial charge in [-0.25, -0.2) is 4.68 Å². The number of aliphatic hydroxyl groups is 1. The van der Waals surface area contributed by atoms with E-state index in [-0.39, 0.29) is 23.8 Å². The summed E-state index contributed by atoms with van der Waals surface area (Å²) in [5, 5.41) is 16.4. The molecule has 1 aromatic carbocycles. The van der Waals surface area contributed by atoms with E-state index in [0.717, 1.165) is 5.69 Å². The molecule has 0 saturated carbocycles. The summed E-state index contributed by atoms with van der Waals surface area (Å²) in [6.45, 7) is 1.91. The number of para-hydroxylation sites is 1. The van der Waals surface area contributed by atoms with Gasteiger partial charge in [-0.15, -0.1) is 0 Å². The molecule has 1 aromatic heterocycles. The van der Waals surface area contributed by atoms with Gasteiger partial charge in [0.15, 0.2) is 5.69 Å². The number of nitrogens with zero attached hydrogens (tertiary/aromatic N) is 2. The topological polar surface area (TPSA) is 67.2 Å². The van der Waals surface area contributed by atoms with Crippen LogP contribution in [-0.2, 0) is 0 Å². The molecule has 0 saturated heterocycles. The number of carbonyl (C=O) groups excluding carboxylic acids is 1. The Morgan fingerprint density at radius 1 is 1.38 bits per heavy atom. The van der Waals surface area contributed by atoms with Gasteiger partial charge in [-0.1, -0.05) is 18.2 Å². The molecule has 112 valence electrons. The van der Waals surface area contributed by atoms with Gasteiger partial charge >= 0.3 is 0 Å². The lowest BCUT2D eigenvalue weighted by Gasteiger charge is -2.20. The van der Waals surface area contributed by atoms with E-state index >= 15 is 0 Å². The Kier molecular flexibility index (Phi) is 5.41. The van der Waals surface area contributed by atoms with E-state index in [1.165, 1.54) is 11.8 Å². The minimum atomic E-state index is -0.232. The van der Waals surface area contributed by atoms with Crippen LogP contribution >= 0.6 is 11.8 Å². The number of thioether (sulfide) groups is 1. The fourth-order valence-electron chi connectivity index (χ4n) is 1.98. The Labute approximate surface area is 128 Å². The van der Waals surface area contributed by atoms with Crippen LogP contribution in [0.25, 0.3) is 5.69 Å². The average molecular weight is 305 g/mol. The number of aromatic nitrogens is 2. The number of aliphatic hydroxyl groups excluding tert-OH is 1. The summed E-state index contributed by atoms with van der Waals surface area (Å²) in [6, 6.07) is 11.2. The third kappa shape index (κ3) is 3.86. The van der Waals surface area contributed by atoms with Crippen molar-refractivity contribution in [1.29, 1.82) is 0 Å². The smallest absolute Gasteiger partial charge is 0.272 e. The first-order valence-corrected chi connectivity index (χ1v) is 8.00. The van der Waals surface area contributed by atoms with E-state index in [1.54, 1.807) is 16.9 Å². The maximum absolute atomic E-state index is 12.2. The average Bonchev–Trinajstić information content (AvgIpc) is 2.99. The number of hydrogen-bond donors (Lipinski definition) is 2. The number of carbonyl (C=O) groups is 1. The largest absolute Gasteiger partial charge is 0.395 e. The first-order valence-electron chi connectivity index (χ1n) is 6.71. The SMILES string of the molecule is CSC(CO)C(C)NC(=O)c1ccn(-c2ccccc2)n1. The molecule has 1 heterocycles. The lowest BCUT2D eigenvalue weighted by molar-refractivity contribution is 0.0930. The van der Waals surface area contributed by atoms with Crippen molar-refractivity contribution < 1.29 is 9.90 Å². The molecule has 1 amide bonds. The van der Waals surface area contributed by atoms with Crippen molar-refractivity contribution >= 4 is 17.7 Å². The molecule has 2 rings (SSSR count). The molecule has 21 heavy (non-hydrogen) atoms. The third-order valence-electron chi connectivity index (χ3n) is 3.24. The molecule has 2 aromatic rings. The molecule has 2 N–H and O–H groups in total. The number of rotatable bonds is 6. The van der Waals surface area contributed by atoms with Gasteiger partial charge in [0.1, 0.15) is 0 Å². The highest BCUT2D eigenvalue weighted by Crippen LogP contribution is 2.11. The molecule has 0 radical (unpaired) electrons. The van der Waals surface area contributed by atoms with Crippen molar-refractivity contribution in [2.45, 2.75) is 18.2 Å². The highest BCUT2D eigenvalue weighted by atomic mass is 32.2. The fraction of sp³-hybridized carbons (Fsp3) is 0.333. The fourth-order valence-corrected chi connectivity index (χ4v) is 2.61. The Bertz CT molecular complexity index is 582. The van der Waals surface area contributed by atoms with Gasteiger partial charge < -0.3 is 10.4 Å². The predicted octanol–water partition coefficient (Wildman–Crippen LogP) is 1.71. The molecular formula is C15H19N3O2S. The second kappa shape index (κ2) is 7.28. The van der Waals surface area contributed by atoms with E-state index in [9.17, 15) is 9.90 Å². The number of hydrogen-bond acceptors (Lipinski definition) is 4. The molecular weight excluding hydrogens is 286 g/mol. The van der Waals surface area contributed by atoms with Crippen LogP contribution in [0, 0.1) is 0 Å². The minimum Gasteiger partial charge on any atom is -0.395 e. The Morgan fingerprint density at radius 2 is 2.10 bits per heavy atom. The zero-order valence-corrected chi connectivity index (χ0v) is 12.9. The normalized spacial score (nSPS) is 13.7. The Balaban J connectivity index is 2.06. The van der Waals surface area contributed by atoms with Gasteiger partial charge in [-0.05, 0) is 31.4 Å².